The first-order valence-electron chi connectivity index (χ1n) is 4.56. The Bertz CT molecular complexity index is 267. The van der Waals surface area contributed by atoms with E-state index >= 15 is 0 Å². The number of hydrogen-bond acceptors (Lipinski definition) is 2. The minimum Gasteiger partial charge on any atom is -0.272 e. The minimum absolute atomic E-state index is 0.00685. The number of imide groups is 1. The van der Waals surface area contributed by atoms with E-state index in [0.29, 0.717) is 11.1 Å². The molecule has 1 aliphatic heterocycles. The van der Waals surface area contributed by atoms with Gasteiger partial charge in [-0.2, -0.15) is 0 Å². The van der Waals surface area contributed by atoms with E-state index in [1.54, 1.807) is 13.8 Å². The van der Waals surface area contributed by atoms with Gasteiger partial charge in [-0.15, -0.1) is 0 Å². The predicted molar refractivity (Wildman–Crippen MR) is 50.0 cm³/mol. The Morgan fingerprint density at radius 1 is 1.15 bits per heavy atom. The van der Waals surface area contributed by atoms with Gasteiger partial charge in [-0.05, 0) is 27.2 Å². The summed E-state index contributed by atoms with van der Waals surface area (Å²) in [4.78, 5) is 24.5. The molecule has 1 atom stereocenters. The zero-order valence-electron chi connectivity index (χ0n) is 8.55. The van der Waals surface area contributed by atoms with Crippen LogP contribution in [0, 0.1) is 0 Å². The van der Waals surface area contributed by atoms with Gasteiger partial charge in [-0.3, -0.25) is 14.5 Å². The lowest BCUT2D eigenvalue weighted by Gasteiger charge is -2.21. The monoisotopic (exact) mass is 181 g/mol. The third-order valence-electron chi connectivity index (χ3n) is 2.67. The Balaban J connectivity index is 2.97. The highest BCUT2D eigenvalue weighted by Gasteiger charge is 2.35. The Morgan fingerprint density at radius 3 is 1.85 bits per heavy atom. The minimum atomic E-state index is -0.128. The van der Waals surface area contributed by atoms with Gasteiger partial charge in [0.15, 0.2) is 0 Å². The number of nitrogens with zero attached hydrogens (tertiary/aromatic N) is 1. The lowest BCUT2D eigenvalue weighted by molar-refractivity contribution is -0.139. The zero-order valence-corrected chi connectivity index (χ0v) is 8.55. The van der Waals surface area contributed by atoms with Gasteiger partial charge in [0.25, 0.3) is 11.8 Å². The van der Waals surface area contributed by atoms with Crippen LogP contribution in [0.3, 0.4) is 0 Å². The lowest BCUT2D eigenvalue weighted by Crippen LogP contribution is -2.38. The molecule has 72 valence electrons. The van der Waals surface area contributed by atoms with E-state index in [4.69, 9.17) is 0 Å². The molecule has 3 heteroatoms. The first-order chi connectivity index (χ1) is 6.00. The van der Waals surface area contributed by atoms with Crippen LogP contribution in [-0.4, -0.2) is 22.8 Å². The zero-order chi connectivity index (χ0) is 10.2. The normalized spacial score (nSPS) is 20.2. The van der Waals surface area contributed by atoms with Crippen molar-refractivity contribution in [3.63, 3.8) is 0 Å². The summed E-state index contributed by atoms with van der Waals surface area (Å²) >= 11 is 0. The second-order valence-corrected chi connectivity index (χ2v) is 3.49. The van der Waals surface area contributed by atoms with Crippen LogP contribution >= 0.6 is 0 Å². The largest absolute Gasteiger partial charge is 0.272 e. The van der Waals surface area contributed by atoms with Crippen molar-refractivity contribution in [2.45, 2.75) is 40.2 Å². The van der Waals surface area contributed by atoms with Crippen LogP contribution < -0.4 is 0 Å². The Morgan fingerprint density at radius 2 is 1.54 bits per heavy atom. The Labute approximate surface area is 78.4 Å². The third-order valence-corrected chi connectivity index (χ3v) is 2.67. The van der Waals surface area contributed by atoms with Crippen LogP contribution in [-0.2, 0) is 9.59 Å². The van der Waals surface area contributed by atoms with Crippen molar-refractivity contribution in [3.8, 4) is 0 Å². The van der Waals surface area contributed by atoms with E-state index in [0.717, 1.165) is 6.42 Å². The molecule has 0 N–H and O–H groups in total. The number of rotatable bonds is 2. The van der Waals surface area contributed by atoms with Crippen molar-refractivity contribution in [3.05, 3.63) is 11.1 Å². The summed E-state index contributed by atoms with van der Waals surface area (Å²) < 4.78 is 0. The van der Waals surface area contributed by atoms with E-state index in [-0.39, 0.29) is 17.9 Å². The van der Waals surface area contributed by atoms with Crippen LogP contribution in [0.4, 0.5) is 0 Å². The molecule has 1 heterocycles. The molecular formula is C10H15NO2. The van der Waals surface area contributed by atoms with Gasteiger partial charge in [0.2, 0.25) is 0 Å². The fourth-order valence-corrected chi connectivity index (χ4v) is 1.36. The molecule has 0 aromatic heterocycles. The lowest BCUT2D eigenvalue weighted by atomic mass is 10.2. The van der Waals surface area contributed by atoms with E-state index in [1.165, 1.54) is 4.90 Å². The van der Waals surface area contributed by atoms with Crippen molar-refractivity contribution in [2.75, 3.05) is 0 Å². The SMILES string of the molecule is CCC(C)N1C(=O)C(C)=C(C)C1=O. The number of carbonyl (C=O) groups is 2. The Kier molecular flexibility index (Phi) is 2.55. The molecule has 3 nitrogen and oxygen atoms in total. The summed E-state index contributed by atoms with van der Waals surface area (Å²) in [6.45, 7) is 7.27. The summed E-state index contributed by atoms with van der Waals surface area (Å²) in [5.41, 5.74) is 1.18. The highest BCUT2D eigenvalue weighted by atomic mass is 16.2. The summed E-state index contributed by atoms with van der Waals surface area (Å²) in [6.07, 6.45) is 0.804. The van der Waals surface area contributed by atoms with Gasteiger partial charge in [0.05, 0.1) is 0 Å². The van der Waals surface area contributed by atoms with Crippen LogP contribution in [0.25, 0.3) is 0 Å². The summed E-state index contributed by atoms with van der Waals surface area (Å²) in [5, 5.41) is 0. The molecule has 0 fully saturated rings. The maximum absolute atomic E-state index is 11.6. The maximum atomic E-state index is 11.6. The van der Waals surface area contributed by atoms with Crippen molar-refractivity contribution in [2.24, 2.45) is 0 Å². The maximum Gasteiger partial charge on any atom is 0.257 e. The predicted octanol–water partition coefficient (Wildman–Crippen LogP) is 1.49. The van der Waals surface area contributed by atoms with Gasteiger partial charge in [0.1, 0.15) is 0 Å². The molecule has 0 saturated carbocycles. The quantitative estimate of drug-likeness (QED) is 0.605. The highest BCUT2D eigenvalue weighted by molar-refractivity contribution is 6.18. The summed E-state index contributed by atoms with van der Waals surface area (Å²) in [6, 6.07) is 0.00685. The number of hydrogen-bond donors (Lipinski definition) is 0. The van der Waals surface area contributed by atoms with Crippen molar-refractivity contribution < 1.29 is 9.59 Å². The van der Waals surface area contributed by atoms with E-state index in [2.05, 4.69) is 0 Å². The van der Waals surface area contributed by atoms with Crippen molar-refractivity contribution in [1.82, 2.24) is 4.90 Å². The van der Waals surface area contributed by atoms with Gasteiger partial charge in [0, 0.05) is 17.2 Å². The van der Waals surface area contributed by atoms with Crippen LogP contribution in [0.5, 0.6) is 0 Å². The number of amides is 2. The molecule has 0 radical (unpaired) electrons. The summed E-state index contributed by atoms with van der Waals surface area (Å²) in [5.74, 6) is -0.256. The fraction of sp³-hybridized carbons (Fsp3) is 0.600. The van der Waals surface area contributed by atoms with Gasteiger partial charge in [-0.25, -0.2) is 0 Å². The first kappa shape index (κ1) is 9.96. The molecule has 0 aromatic rings. The van der Waals surface area contributed by atoms with Crippen molar-refractivity contribution >= 4 is 11.8 Å². The second kappa shape index (κ2) is 3.32. The molecule has 0 aromatic carbocycles. The van der Waals surface area contributed by atoms with Gasteiger partial charge in [-0.1, -0.05) is 6.92 Å². The van der Waals surface area contributed by atoms with Gasteiger partial charge < -0.3 is 0 Å². The molecule has 0 bridgehead atoms. The number of carbonyl (C=O) groups excluding carboxylic acids is 2. The first-order valence-corrected chi connectivity index (χ1v) is 4.56. The molecule has 1 aliphatic rings. The summed E-state index contributed by atoms with van der Waals surface area (Å²) in [7, 11) is 0. The highest BCUT2D eigenvalue weighted by Crippen LogP contribution is 2.22. The fourth-order valence-electron chi connectivity index (χ4n) is 1.36. The van der Waals surface area contributed by atoms with Crippen LogP contribution in [0.1, 0.15) is 34.1 Å². The standard InChI is InChI=1S/C10H15NO2/c1-5-6(2)11-9(12)7(3)8(4)10(11)13/h6H,5H2,1-4H3. The smallest absolute Gasteiger partial charge is 0.257 e. The van der Waals surface area contributed by atoms with Crippen LogP contribution in [0.2, 0.25) is 0 Å². The third kappa shape index (κ3) is 1.39. The molecule has 2 amide bonds. The van der Waals surface area contributed by atoms with Gasteiger partial charge >= 0.3 is 0 Å². The molecule has 0 saturated heterocycles. The molecule has 0 aliphatic carbocycles. The molecule has 13 heavy (non-hydrogen) atoms. The molecule has 1 unspecified atom stereocenters. The average Bonchev–Trinajstić information content (AvgIpc) is 2.30. The average molecular weight is 181 g/mol. The molecule has 1 rings (SSSR count). The molecular weight excluding hydrogens is 166 g/mol. The van der Waals surface area contributed by atoms with E-state index in [1.807, 2.05) is 13.8 Å². The van der Waals surface area contributed by atoms with E-state index < -0.39 is 0 Å². The Hall–Kier alpha value is -1.12. The van der Waals surface area contributed by atoms with Crippen LogP contribution in [0.15, 0.2) is 11.1 Å². The van der Waals surface area contributed by atoms with Crippen molar-refractivity contribution in [1.29, 1.82) is 0 Å². The molecule has 0 spiro atoms. The van der Waals surface area contributed by atoms with E-state index in [9.17, 15) is 9.59 Å². The second-order valence-electron chi connectivity index (χ2n) is 3.49. The topological polar surface area (TPSA) is 37.4 Å².